The van der Waals surface area contributed by atoms with E-state index in [0.717, 1.165) is 0 Å². The summed E-state index contributed by atoms with van der Waals surface area (Å²) in [5.41, 5.74) is 0. The van der Waals surface area contributed by atoms with E-state index in [-0.39, 0.29) is 9.72 Å². The molecule has 0 aliphatic carbocycles. The number of aryl methyl sites for hydroxylation is 1. The molecule has 0 amide bonds. The molecule has 0 radical (unpaired) electrons. The molecule has 1 atom stereocenters. The summed E-state index contributed by atoms with van der Waals surface area (Å²) in [5, 5.41) is 3.80. The van der Waals surface area contributed by atoms with Crippen LogP contribution in [0.5, 0.6) is 0 Å². The topological polar surface area (TPSA) is 64.0 Å². The van der Waals surface area contributed by atoms with E-state index in [2.05, 4.69) is 25.8 Å². The maximum atomic E-state index is 11.6. The molecular weight excluding hydrogens is 270 g/mol. The van der Waals surface area contributed by atoms with Crippen LogP contribution in [0.2, 0.25) is 0 Å². The van der Waals surface area contributed by atoms with Crippen molar-refractivity contribution in [3.8, 4) is 0 Å². The fourth-order valence-electron chi connectivity index (χ4n) is 0.845. The van der Waals surface area contributed by atoms with E-state index in [0.29, 0.717) is 6.54 Å². The van der Waals surface area contributed by atoms with Crippen molar-refractivity contribution in [3.05, 3.63) is 12.4 Å². The number of nitrogens with zero attached hydrogens (tertiary/aromatic N) is 2. The molecule has 1 N–H and O–H groups in total. The van der Waals surface area contributed by atoms with Crippen LogP contribution in [0.1, 0.15) is 6.92 Å². The summed E-state index contributed by atoms with van der Waals surface area (Å²) in [5.74, 6) is 0. The fraction of sp³-hybridized carbons (Fsp3) is 0.571. The smallest absolute Gasteiger partial charge is 0.243 e. The van der Waals surface area contributed by atoms with Crippen LogP contribution < -0.4 is 4.72 Å². The Morgan fingerprint density at radius 2 is 2.36 bits per heavy atom. The van der Waals surface area contributed by atoms with Crippen molar-refractivity contribution in [2.24, 2.45) is 7.05 Å². The van der Waals surface area contributed by atoms with Gasteiger partial charge in [-0.25, -0.2) is 13.1 Å². The Labute approximate surface area is 91.7 Å². The fourth-order valence-corrected chi connectivity index (χ4v) is 2.33. The Balaban J connectivity index is 2.76. The van der Waals surface area contributed by atoms with Crippen LogP contribution in [0, 0.1) is 0 Å². The number of hydrogen-bond acceptors (Lipinski definition) is 3. The Bertz CT molecular complexity index is 399. The predicted molar refractivity (Wildman–Crippen MR) is 56.8 cm³/mol. The van der Waals surface area contributed by atoms with Crippen molar-refractivity contribution < 1.29 is 8.42 Å². The van der Waals surface area contributed by atoms with Crippen molar-refractivity contribution in [2.45, 2.75) is 16.6 Å². The number of rotatable bonds is 4. The standard InChI is InChI=1S/C7H12BrN3O2S/c1-6(8)3-10-14(12,13)7-4-9-11(2)5-7/h4-6,10H,3H2,1-2H3. The van der Waals surface area contributed by atoms with Gasteiger partial charge in [0.15, 0.2) is 0 Å². The van der Waals surface area contributed by atoms with E-state index in [1.165, 1.54) is 17.1 Å². The molecule has 1 rings (SSSR count). The van der Waals surface area contributed by atoms with Crippen LogP contribution in [-0.4, -0.2) is 29.6 Å². The maximum absolute atomic E-state index is 11.6. The summed E-state index contributed by atoms with van der Waals surface area (Å²) >= 11 is 3.26. The highest BCUT2D eigenvalue weighted by atomic mass is 79.9. The van der Waals surface area contributed by atoms with Gasteiger partial charge in [-0.3, -0.25) is 4.68 Å². The zero-order valence-electron chi connectivity index (χ0n) is 7.94. The summed E-state index contributed by atoms with van der Waals surface area (Å²) in [6, 6.07) is 0. The van der Waals surface area contributed by atoms with Crippen LogP contribution in [0.3, 0.4) is 0 Å². The van der Waals surface area contributed by atoms with E-state index in [4.69, 9.17) is 0 Å². The molecule has 0 bridgehead atoms. The van der Waals surface area contributed by atoms with Crippen LogP contribution >= 0.6 is 15.9 Å². The zero-order chi connectivity index (χ0) is 10.8. The lowest BCUT2D eigenvalue weighted by molar-refractivity contribution is 0.581. The molecule has 0 fully saturated rings. The number of sulfonamides is 1. The Morgan fingerprint density at radius 3 is 2.79 bits per heavy atom. The van der Waals surface area contributed by atoms with Gasteiger partial charge in [0.2, 0.25) is 10.0 Å². The molecule has 1 heterocycles. The minimum absolute atomic E-state index is 0.106. The van der Waals surface area contributed by atoms with Crippen LogP contribution in [0.4, 0.5) is 0 Å². The summed E-state index contributed by atoms with van der Waals surface area (Å²) < 4.78 is 27.0. The lowest BCUT2D eigenvalue weighted by atomic mass is 10.5. The predicted octanol–water partition coefficient (Wildman–Crippen LogP) is 0.482. The highest BCUT2D eigenvalue weighted by Gasteiger charge is 2.15. The number of aromatic nitrogens is 2. The molecule has 0 aromatic carbocycles. The first-order chi connectivity index (χ1) is 6.42. The van der Waals surface area contributed by atoms with Crippen molar-refractivity contribution in [2.75, 3.05) is 6.54 Å². The summed E-state index contributed by atoms with van der Waals surface area (Å²) in [6.45, 7) is 2.23. The van der Waals surface area contributed by atoms with Gasteiger partial charge in [0.25, 0.3) is 0 Å². The van der Waals surface area contributed by atoms with E-state index in [9.17, 15) is 8.42 Å². The molecule has 0 aliphatic rings. The molecule has 7 heteroatoms. The average molecular weight is 282 g/mol. The monoisotopic (exact) mass is 281 g/mol. The number of hydrogen-bond donors (Lipinski definition) is 1. The average Bonchev–Trinajstić information content (AvgIpc) is 2.49. The first-order valence-corrected chi connectivity index (χ1v) is 6.44. The van der Waals surface area contributed by atoms with Gasteiger partial charge in [-0.05, 0) is 0 Å². The minimum atomic E-state index is -3.40. The van der Waals surface area contributed by atoms with Crippen LogP contribution in [0.25, 0.3) is 0 Å². The molecule has 5 nitrogen and oxygen atoms in total. The zero-order valence-corrected chi connectivity index (χ0v) is 10.3. The molecule has 0 spiro atoms. The first-order valence-electron chi connectivity index (χ1n) is 4.04. The highest BCUT2D eigenvalue weighted by molar-refractivity contribution is 9.09. The first kappa shape index (κ1) is 11.7. The normalized spacial score (nSPS) is 14.2. The molecule has 0 aliphatic heterocycles. The number of halogens is 1. The minimum Gasteiger partial charge on any atom is -0.274 e. The largest absolute Gasteiger partial charge is 0.274 e. The van der Waals surface area contributed by atoms with E-state index >= 15 is 0 Å². The van der Waals surface area contributed by atoms with Crippen molar-refractivity contribution in [1.29, 1.82) is 0 Å². The number of alkyl halides is 1. The van der Waals surface area contributed by atoms with E-state index in [1.807, 2.05) is 6.92 Å². The highest BCUT2D eigenvalue weighted by Crippen LogP contribution is 2.06. The second-order valence-electron chi connectivity index (χ2n) is 2.98. The van der Waals surface area contributed by atoms with Gasteiger partial charge in [-0.1, -0.05) is 22.9 Å². The van der Waals surface area contributed by atoms with Gasteiger partial charge >= 0.3 is 0 Å². The lowest BCUT2D eigenvalue weighted by Gasteiger charge is -2.05. The second-order valence-corrected chi connectivity index (χ2v) is 6.31. The molecule has 0 saturated carbocycles. The van der Waals surface area contributed by atoms with Crippen molar-refractivity contribution in [1.82, 2.24) is 14.5 Å². The van der Waals surface area contributed by atoms with Gasteiger partial charge in [0.1, 0.15) is 4.90 Å². The maximum Gasteiger partial charge on any atom is 0.243 e. The Hall–Kier alpha value is -0.400. The Morgan fingerprint density at radius 1 is 1.71 bits per heavy atom. The third-order valence-electron chi connectivity index (χ3n) is 1.55. The second kappa shape index (κ2) is 4.41. The third-order valence-corrected chi connectivity index (χ3v) is 3.25. The van der Waals surface area contributed by atoms with Crippen LogP contribution in [0.15, 0.2) is 17.3 Å². The Kier molecular flexibility index (Phi) is 3.68. The molecule has 0 saturated heterocycles. The van der Waals surface area contributed by atoms with Crippen LogP contribution in [-0.2, 0) is 17.1 Å². The number of nitrogens with one attached hydrogen (secondary N) is 1. The molecule has 1 aromatic heterocycles. The quantitative estimate of drug-likeness (QED) is 0.817. The summed E-state index contributed by atoms with van der Waals surface area (Å²) in [4.78, 5) is 0.294. The summed E-state index contributed by atoms with van der Waals surface area (Å²) in [6.07, 6.45) is 2.78. The molecular formula is C7H12BrN3O2S. The molecule has 1 aromatic rings. The third kappa shape index (κ3) is 3.07. The van der Waals surface area contributed by atoms with Crippen molar-refractivity contribution in [3.63, 3.8) is 0 Å². The molecule has 14 heavy (non-hydrogen) atoms. The van der Waals surface area contributed by atoms with Gasteiger partial charge in [-0.2, -0.15) is 5.10 Å². The van der Waals surface area contributed by atoms with E-state index in [1.54, 1.807) is 7.05 Å². The van der Waals surface area contributed by atoms with E-state index < -0.39 is 10.0 Å². The van der Waals surface area contributed by atoms with Gasteiger partial charge in [0.05, 0.1) is 6.20 Å². The SMILES string of the molecule is CC(Br)CNS(=O)(=O)c1cnn(C)c1. The molecule has 80 valence electrons. The molecule has 1 unspecified atom stereocenters. The summed E-state index contributed by atoms with van der Waals surface area (Å²) in [7, 11) is -1.73. The van der Waals surface area contributed by atoms with Gasteiger partial charge in [-0.15, -0.1) is 0 Å². The van der Waals surface area contributed by atoms with Crippen molar-refractivity contribution >= 4 is 26.0 Å². The van der Waals surface area contributed by atoms with Gasteiger partial charge < -0.3 is 0 Å². The lowest BCUT2D eigenvalue weighted by Crippen LogP contribution is -2.28. The van der Waals surface area contributed by atoms with Gasteiger partial charge in [0, 0.05) is 24.6 Å².